The first-order valence-corrected chi connectivity index (χ1v) is 9.74. The molecule has 0 N–H and O–H groups in total. The van der Waals surface area contributed by atoms with Gasteiger partial charge in [-0.25, -0.2) is 0 Å². The molecule has 1 aromatic heterocycles. The van der Waals surface area contributed by atoms with Crippen molar-refractivity contribution in [3.8, 4) is 11.5 Å². The van der Waals surface area contributed by atoms with Crippen LogP contribution < -0.4 is 9.47 Å². The summed E-state index contributed by atoms with van der Waals surface area (Å²) >= 11 is 0. The van der Waals surface area contributed by atoms with Crippen LogP contribution in [0.25, 0.3) is 0 Å². The van der Waals surface area contributed by atoms with E-state index in [2.05, 4.69) is 14.5 Å². The van der Waals surface area contributed by atoms with Crippen molar-refractivity contribution in [1.82, 2.24) is 14.8 Å². The van der Waals surface area contributed by atoms with E-state index >= 15 is 0 Å². The molecule has 3 aliphatic heterocycles. The number of hydrogen-bond acceptors (Lipinski definition) is 5. The molecule has 1 spiro atoms. The number of likely N-dealkylation sites (tertiary alicyclic amines) is 2. The van der Waals surface area contributed by atoms with Crippen LogP contribution in [0.15, 0.2) is 42.6 Å². The summed E-state index contributed by atoms with van der Waals surface area (Å²) in [6.45, 7) is 1.66. The zero-order chi connectivity index (χ0) is 20.9. The first-order chi connectivity index (χ1) is 14.4. The standard InChI is InChI=1S/C21H19F2N3O4/c22-21(23)29-16-6-3-5-15(17(16)30-21)18(27)26-11-8-20(13-26)7-10-25(19(20)28)12-14-4-1-2-9-24-14/h1-6,9H,7-8,10-13H2. The summed E-state index contributed by atoms with van der Waals surface area (Å²) in [6.07, 6.45) is -0.917. The average molecular weight is 415 g/mol. The molecule has 0 radical (unpaired) electrons. The second kappa shape index (κ2) is 6.65. The smallest absolute Gasteiger partial charge is 0.395 e. The van der Waals surface area contributed by atoms with Crippen LogP contribution in [0.5, 0.6) is 11.5 Å². The topological polar surface area (TPSA) is 72.0 Å². The summed E-state index contributed by atoms with van der Waals surface area (Å²) in [5, 5.41) is 0. The molecule has 2 aromatic rings. The van der Waals surface area contributed by atoms with Crippen molar-refractivity contribution in [2.75, 3.05) is 19.6 Å². The normalized spacial score (nSPS) is 24.1. The Morgan fingerprint density at radius 2 is 1.93 bits per heavy atom. The quantitative estimate of drug-likeness (QED) is 0.771. The largest absolute Gasteiger partial charge is 0.586 e. The van der Waals surface area contributed by atoms with Gasteiger partial charge in [-0.15, -0.1) is 8.78 Å². The van der Waals surface area contributed by atoms with Crippen LogP contribution >= 0.6 is 0 Å². The number of halogens is 2. The molecule has 2 amide bonds. The van der Waals surface area contributed by atoms with Gasteiger partial charge in [-0.2, -0.15) is 0 Å². The molecule has 0 saturated carbocycles. The van der Waals surface area contributed by atoms with Gasteiger partial charge < -0.3 is 19.3 Å². The molecule has 3 aliphatic rings. The van der Waals surface area contributed by atoms with Crippen molar-refractivity contribution < 1.29 is 27.8 Å². The Morgan fingerprint density at radius 1 is 1.10 bits per heavy atom. The number of para-hydroxylation sites is 1. The number of pyridine rings is 1. The molecule has 1 atom stereocenters. The van der Waals surface area contributed by atoms with Crippen molar-refractivity contribution in [2.24, 2.45) is 5.41 Å². The van der Waals surface area contributed by atoms with E-state index in [1.54, 1.807) is 11.1 Å². The third-order valence-electron chi connectivity index (χ3n) is 5.98. The first-order valence-electron chi connectivity index (χ1n) is 9.74. The number of ether oxygens (including phenoxy) is 2. The maximum atomic E-state index is 13.4. The SMILES string of the molecule is O=C(c1cccc2c1OC(F)(F)O2)N1CCC2(CCN(Cc3ccccn3)C2=O)C1. The average Bonchev–Trinajstić information content (AvgIpc) is 3.39. The highest BCUT2D eigenvalue weighted by molar-refractivity contribution is 5.99. The summed E-state index contributed by atoms with van der Waals surface area (Å²) in [7, 11) is 0. The molecule has 2 fully saturated rings. The van der Waals surface area contributed by atoms with E-state index in [-0.39, 0.29) is 29.5 Å². The Kier molecular flexibility index (Phi) is 4.16. The van der Waals surface area contributed by atoms with Gasteiger partial charge in [-0.3, -0.25) is 14.6 Å². The summed E-state index contributed by atoms with van der Waals surface area (Å²) < 4.78 is 35.9. The number of hydrogen-bond donors (Lipinski definition) is 0. The lowest BCUT2D eigenvalue weighted by Crippen LogP contribution is -2.38. The molecule has 2 saturated heterocycles. The number of carbonyl (C=O) groups excluding carboxylic acids is 2. The number of benzene rings is 1. The zero-order valence-corrected chi connectivity index (χ0v) is 16.0. The number of fused-ring (bicyclic) bond motifs is 1. The van der Waals surface area contributed by atoms with Gasteiger partial charge in [-0.1, -0.05) is 12.1 Å². The Labute approximate surface area is 171 Å². The first kappa shape index (κ1) is 18.8. The van der Waals surface area contributed by atoms with Gasteiger partial charge in [0.2, 0.25) is 5.91 Å². The zero-order valence-electron chi connectivity index (χ0n) is 16.0. The van der Waals surface area contributed by atoms with E-state index < -0.39 is 17.6 Å². The molecule has 156 valence electrons. The summed E-state index contributed by atoms with van der Waals surface area (Å²) in [6, 6.07) is 9.80. The monoisotopic (exact) mass is 415 g/mol. The van der Waals surface area contributed by atoms with Crippen LogP contribution in [0.3, 0.4) is 0 Å². The van der Waals surface area contributed by atoms with Gasteiger partial charge in [0.25, 0.3) is 5.91 Å². The van der Waals surface area contributed by atoms with Gasteiger partial charge in [0.05, 0.1) is 23.2 Å². The number of aromatic nitrogens is 1. The third kappa shape index (κ3) is 3.05. The van der Waals surface area contributed by atoms with Gasteiger partial charge >= 0.3 is 6.29 Å². The lowest BCUT2D eigenvalue weighted by molar-refractivity contribution is -0.286. The van der Waals surface area contributed by atoms with E-state index in [1.165, 1.54) is 23.1 Å². The number of carbonyl (C=O) groups is 2. The molecule has 0 aliphatic carbocycles. The predicted octanol–water partition coefficient (Wildman–Crippen LogP) is 2.67. The highest BCUT2D eigenvalue weighted by atomic mass is 19.3. The van der Waals surface area contributed by atoms with Crippen LogP contribution in [0.4, 0.5) is 8.78 Å². The van der Waals surface area contributed by atoms with Crippen molar-refractivity contribution in [1.29, 1.82) is 0 Å². The van der Waals surface area contributed by atoms with Gasteiger partial charge in [0.1, 0.15) is 0 Å². The molecule has 7 nitrogen and oxygen atoms in total. The summed E-state index contributed by atoms with van der Waals surface area (Å²) in [5.74, 6) is -0.866. The number of rotatable bonds is 3. The minimum absolute atomic E-state index is 0.00728. The third-order valence-corrected chi connectivity index (χ3v) is 5.98. The molecule has 1 unspecified atom stereocenters. The second-order valence-corrected chi connectivity index (χ2v) is 7.86. The van der Waals surface area contributed by atoms with Crippen LogP contribution in [0.2, 0.25) is 0 Å². The van der Waals surface area contributed by atoms with Crippen LogP contribution in [0.1, 0.15) is 28.9 Å². The van der Waals surface area contributed by atoms with Gasteiger partial charge in [0, 0.05) is 25.8 Å². The Hall–Kier alpha value is -3.23. The predicted molar refractivity (Wildman–Crippen MR) is 99.9 cm³/mol. The lowest BCUT2D eigenvalue weighted by Gasteiger charge is -2.24. The highest BCUT2D eigenvalue weighted by Gasteiger charge is 2.52. The van der Waals surface area contributed by atoms with Crippen molar-refractivity contribution >= 4 is 11.8 Å². The van der Waals surface area contributed by atoms with Crippen LogP contribution in [0, 0.1) is 5.41 Å². The second-order valence-electron chi connectivity index (χ2n) is 7.86. The fourth-order valence-electron chi connectivity index (χ4n) is 4.46. The van der Waals surface area contributed by atoms with Crippen molar-refractivity contribution in [2.45, 2.75) is 25.7 Å². The van der Waals surface area contributed by atoms with E-state index in [4.69, 9.17) is 0 Å². The maximum Gasteiger partial charge on any atom is 0.586 e. The molecule has 1 aromatic carbocycles. The highest BCUT2D eigenvalue weighted by Crippen LogP contribution is 2.45. The van der Waals surface area contributed by atoms with Crippen molar-refractivity contribution in [3.63, 3.8) is 0 Å². The fourth-order valence-corrected chi connectivity index (χ4v) is 4.46. The van der Waals surface area contributed by atoms with Crippen molar-refractivity contribution in [3.05, 3.63) is 53.9 Å². The Morgan fingerprint density at radius 3 is 2.73 bits per heavy atom. The Bertz CT molecular complexity index is 1020. The Balaban J connectivity index is 1.32. The fraction of sp³-hybridized carbons (Fsp3) is 0.381. The number of nitrogens with zero attached hydrogens (tertiary/aromatic N) is 3. The van der Waals surface area contributed by atoms with Crippen LogP contribution in [-0.4, -0.2) is 52.5 Å². The lowest BCUT2D eigenvalue weighted by atomic mass is 9.85. The molecular weight excluding hydrogens is 396 g/mol. The molecule has 30 heavy (non-hydrogen) atoms. The minimum atomic E-state index is -3.79. The maximum absolute atomic E-state index is 13.4. The molecular formula is C21H19F2N3O4. The van der Waals surface area contributed by atoms with Gasteiger partial charge in [-0.05, 0) is 37.1 Å². The van der Waals surface area contributed by atoms with Crippen LogP contribution in [-0.2, 0) is 11.3 Å². The molecule has 4 heterocycles. The molecule has 5 rings (SSSR count). The minimum Gasteiger partial charge on any atom is -0.395 e. The van der Waals surface area contributed by atoms with E-state index in [0.717, 1.165) is 5.69 Å². The summed E-state index contributed by atoms with van der Waals surface area (Å²) in [4.78, 5) is 33.8. The van der Waals surface area contributed by atoms with E-state index in [9.17, 15) is 18.4 Å². The summed E-state index contributed by atoms with van der Waals surface area (Å²) in [5.41, 5.74) is 0.188. The van der Waals surface area contributed by atoms with Gasteiger partial charge in [0.15, 0.2) is 11.5 Å². The molecule has 0 bridgehead atoms. The number of amides is 2. The van der Waals surface area contributed by atoms with E-state index in [0.29, 0.717) is 32.5 Å². The molecule has 9 heteroatoms. The van der Waals surface area contributed by atoms with E-state index in [1.807, 2.05) is 18.2 Å². The number of alkyl halides is 2.